The van der Waals surface area contributed by atoms with Crippen LogP contribution in [0.3, 0.4) is 0 Å². The molecule has 18 heavy (non-hydrogen) atoms. The first-order chi connectivity index (χ1) is 8.86. The minimum Gasteiger partial charge on any atom is -0.467 e. The quantitative estimate of drug-likeness (QED) is 0.764. The molecule has 2 aromatic heterocycles. The highest BCUT2D eigenvalue weighted by Crippen LogP contribution is 2.28. The molecule has 2 heterocycles. The molecule has 0 aliphatic rings. The van der Waals surface area contributed by atoms with Gasteiger partial charge in [-0.3, -0.25) is 0 Å². The van der Waals surface area contributed by atoms with E-state index in [0.717, 1.165) is 11.3 Å². The topological polar surface area (TPSA) is 57.0 Å². The van der Waals surface area contributed by atoms with Crippen LogP contribution < -0.4 is 5.73 Å². The lowest BCUT2D eigenvalue weighted by molar-refractivity contribution is 0.444. The molecule has 0 saturated heterocycles. The molecule has 0 amide bonds. The standard InChI is InChI=1S/C14H13N3O/c15-13-8-9-16-17(13)14(12-7-4-10-18-12)11-5-2-1-3-6-11/h1-10,14H,15H2. The van der Waals surface area contributed by atoms with Gasteiger partial charge in [0.15, 0.2) is 0 Å². The third-order valence-corrected chi connectivity index (χ3v) is 2.87. The Labute approximate surface area is 105 Å². The van der Waals surface area contributed by atoms with Crippen LogP contribution in [0.4, 0.5) is 5.82 Å². The van der Waals surface area contributed by atoms with E-state index in [4.69, 9.17) is 10.2 Å². The molecule has 3 rings (SSSR count). The number of anilines is 1. The van der Waals surface area contributed by atoms with Gasteiger partial charge in [0, 0.05) is 0 Å². The van der Waals surface area contributed by atoms with Crippen molar-refractivity contribution in [1.29, 1.82) is 0 Å². The highest BCUT2D eigenvalue weighted by molar-refractivity contribution is 5.34. The fourth-order valence-corrected chi connectivity index (χ4v) is 2.05. The molecule has 2 N–H and O–H groups in total. The number of nitrogens with two attached hydrogens (primary N) is 1. The Morgan fingerprint density at radius 3 is 2.50 bits per heavy atom. The van der Waals surface area contributed by atoms with Gasteiger partial charge >= 0.3 is 0 Å². The first-order valence-corrected chi connectivity index (χ1v) is 5.73. The van der Waals surface area contributed by atoms with Gasteiger partial charge in [-0.1, -0.05) is 30.3 Å². The van der Waals surface area contributed by atoms with Crippen molar-refractivity contribution in [2.45, 2.75) is 6.04 Å². The van der Waals surface area contributed by atoms with E-state index in [9.17, 15) is 0 Å². The number of aromatic nitrogens is 2. The zero-order valence-corrected chi connectivity index (χ0v) is 9.73. The molecule has 90 valence electrons. The van der Waals surface area contributed by atoms with Crippen LogP contribution in [0.15, 0.2) is 65.4 Å². The fraction of sp³-hybridized carbons (Fsp3) is 0.0714. The second-order valence-electron chi connectivity index (χ2n) is 4.03. The average Bonchev–Trinajstić information content (AvgIpc) is 3.05. The Balaban J connectivity index is 2.14. The van der Waals surface area contributed by atoms with Crippen molar-refractivity contribution in [2.24, 2.45) is 0 Å². The lowest BCUT2D eigenvalue weighted by Crippen LogP contribution is -2.15. The fourth-order valence-electron chi connectivity index (χ4n) is 2.05. The summed E-state index contributed by atoms with van der Waals surface area (Å²) in [7, 11) is 0. The van der Waals surface area contributed by atoms with E-state index >= 15 is 0 Å². The molecule has 4 heteroatoms. The highest BCUT2D eigenvalue weighted by atomic mass is 16.3. The zero-order valence-electron chi connectivity index (χ0n) is 9.73. The number of rotatable bonds is 3. The Hall–Kier alpha value is -2.49. The van der Waals surface area contributed by atoms with E-state index < -0.39 is 0 Å². The van der Waals surface area contributed by atoms with Crippen LogP contribution in [0.5, 0.6) is 0 Å². The van der Waals surface area contributed by atoms with E-state index in [1.54, 1.807) is 23.2 Å². The second-order valence-corrected chi connectivity index (χ2v) is 4.03. The molecule has 1 unspecified atom stereocenters. The molecule has 0 bridgehead atoms. The maximum atomic E-state index is 5.94. The number of hydrogen-bond acceptors (Lipinski definition) is 3. The maximum absolute atomic E-state index is 5.94. The summed E-state index contributed by atoms with van der Waals surface area (Å²) in [4.78, 5) is 0. The normalized spacial score (nSPS) is 12.4. The molecular weight excluding hydrogens is 226 g/mol. The summed E-state index contributed by atoms with van der Waals surface area (Å²) < 4.78 is 7.27. The van der Waals surface area contributed by atoms with Crippen molar-refractivity contribution in [3.05, 3.63) is 72.3 Å². The number of hydrogen-bond donors (Lipinski definition) is 1. The third kappa shape index (κ3) is 1.78. The number of nitrogens with zero attached hydrogens (tertiary/aromatic N) is 2. The van der Waals surface area contributed by atoms with Crippen LogP contribution in [0.25, 0.3) is 0 Å². The summed E-state index contributed by atoms with van der Waals surface area (Å²) in [5, 5.41) is 4.28. The third-order valence-electron chi connectivity index (χ3n) is 2.87. The van der Waals surface area contributed by atoms with Crippen molar-refractivity contribution >= 4 is 5.82 Å². The number of furan rings is 1. The zero-order chi connectivity index (χ0) is 12.4. The van der Waals surface area contributed by atoms with Gasteiger partial charge in [-0.2, -0.15) is 5.10 Å². The van der Waals surface area contributed by atoms with Crippen LogP contribution in [0.1, 0.15) is 17.4 Å². The van der Waals surface area contributed by atoms with Gasteiger partial charge < -0.3 is 10.2 Å². The lowest BCUT2D eigenvalue weighted by Gasteiger charge is -2.17. The summed E-state index contributed by atoms with van der Waals surface area (Å²) in [5.74, 6) is 1.43. The van der Waals surface area contributed by atoms with E-state index in [1.165, 1.54) is 0 Å². The van der Waals surface area contributed by atoms with Crippen molar-refractivity contribution in [1.82, 2.24) is 9.78 Å². The molecule has 0 saturated carbocycles. The molecule has 0 aliphatic carbocycles. The van der Waals surface area contributed by atoms with E-state index in [1.807, 2.05) is 42.5 Å². The van der Waals surface area contributed by atoms with Gasteiger partial charge in [-0.15, -0.1) is 0 Å². The summed E-state index contributed by atoms with van der Waals surface area (Å²) >= 11 is 0. The average molecular weight is 239 g/mol. The van der Waals surface area contributed by atoms with E-state index in [0.29, 0.717) is 5.82 Å². The van der Waals surface area contributed by atoms with Crippen molar-refractivity contribution < 1.29 is 4.42 Å². The first-order valence-electron chi connectivity index (χ1n) is 5.73. The molecule has 3 aromatic rings. The smallest absolute Gasteiger partial charge is 0.137 e. The molecule has 0 spiro atoms. The molecule has 0 fully saturated rings. The summed E-state index contributed by atoms with van der Waals surface area (Å²) in [6, 6.07) is 15.5. The van der Waals surface area contributed by atoms with Gasteiger partial charge in [0.2, 0.25) is 0 Å². The molecular formula is C14H13N3O. The maximum Gasteiger partial charge on any atom is 0.137 e. The first kappa shape index (κ1) is 10.7. The summed E-state index contributed by atoms with van der Waals surface area (Å²) in [6.45, 7) is 0. The lowest BCUT2D eigenvalue weighted by atomic mass is 10.1. The highest BCUT2D eigenvalue weighted by Gasteiger charge is 2.20. The second kappa shape index (κ2) is 4.41. The summed E-state index contributed by atoms with van der Waals surface area (Å²) in [6.07, 6.45) is 3.35. The van der Waals surface area contributed by atoms with Gasteiger partial charge in [0.25, 0.3) is 0 Å². The van der Waals surface area contributed by atoms with Crippen molar-refractivity contribution in [3.8, 4) is 0 Å². The van der Waals surface area contributed by atoms with Crippen molar-refractivity contribution in [3.63, 3.8) is 0 Å². The minimum absolute atomic E-state index is 0.129. The monoisotopic (exact) mass is 239 g/mol. The molecule has 4 nitrogen and oxygen atoms in total. The predicted molar refractivity (Wildman–Crippen MR) is 69.0 cm³/mol. The summed E-state index contributed by atoms with van der Waals surface area (Å²) in [5.41, 5.74) is 7.03. The Bertz CT molecular complexity index is 614. The van der Waals surface area contributed by atoms with Crippen LogP contribution >= 0.6 is 0 Å². The largest absolute Gasteiger partial charge is 0.467 e. The Morgan fingerprint density at radius 2 is 1.89 bits per heavy atom. The van der Waals surface area contributed by atoms with Gasteiger partial charge in [-0.25, -0.2) is 4.68 Å². The van der Waals surface area contributed by atoms with Crippen LogP contribution in [-0.2, 0) is 0 Å². The van der Waals surface area contributed by atoms with Crippen molar-refractivity contribution in [2.75, 3.05) is 5.73 Å². The molecule has 1 atom stereocenters. The predicted octanol–water partition coefficient (Wildman–Crippen LogP) is 2.70. The Kier molecular flexibility index (Phi) is 2.61. The number of benzene rings is 1. The molecule has 1 aromatic carbocycles. The Morgan fingerprint density at radius 1 is 1.06 bits per heavy atom. The van der Waals surface area contributed by atoms with Gasteiger partial charge in [0.1, 0.15) is 17.6 Å². The van der Waals surface area contributed by atoms with Crippen LogP contribution in [0.2, 0.25) is 0 Å². The molecule has 0 radical (unpaired) electrons. The van der Waals surface area contributed by atoms with Crippen LogP contribution in [-0.4, -0.2) is 9.78 Å². The van der Waals surface area contributed by atoms with Gasteiger partial charge in [0.05, 0.1) is 12.5 Å². The van der Waals surface area contributed by atoms with Crippen LogP contribution in [0, 0.1) is 0 Å². The van der Waals surface area contributed by atoms with E-state index in [2.05, 4.69) is 5.10 Å². The van der Waals surface area contributed by atoms with Gasteiger partial charge in [-0.05, 0) is 23.8 Å². The molecule has 0 aliphatic heterocycles. The van der Waals surface area contributed by atoms with E-state index in [-0.39, 0.29) is 6.04 Å². The number of nitrogen functional groups attached to an aromatic ring is 1. The minimum atomic E-state index is -0.129. The SMILES string of the molecule is Nc1ccnn1C(c1ccccc1)c1ccco1.